The third kappa shape index (κ3) is 4.88. The largest absolute Gasteiger partial charge is 0.383 e. The number of ether oxygens (including phenoxy) is 2. The molecule has 7 heteroatoms. The van der Waals surface area contributed by atoms with Crippen LogP contribution in [0.25, 0.3) is 0 Å². The van der Waals surface area contributed by atoms with E-state index in [-0.39, 0.29) is 6.03 Å². The lowest BCUT2D eigenvalue weighted by atomic mass is 10.4. The van der Waals surface area contributed by atoms with Gasteiger partial charge in [0.15, 0.2) is 0 Å². The number of carbonyl (C=O) groups excluding carboxylic acids is 1. The van der Waals surface area contributed by atoms with Gasteiger partial charge in [0.05, 0.1) is 18.9 Å². The van der Waals surface area contributed by atoms with Crippen LogP contribution in [0.4, 0.5) is 10.6 Å². The molecule has 0 unspecified atom stereocenters. The molecule has 0 aliphatic heterocycles. The maximum Gasteiger partial charge on any atom is 0.323 e. The van der Waals surface area contributed by atoms with E-state index in [1.54, 1.807) is 30.8 Å². The number of hydrogen-bond acceptors (Lipinski definition) is 4. The highest BCUT2D eigenvalue weighted by atomic mass is 16.5. The summed E-state index contributed by atoms with van der Waals surface area (Å²) in [6, 6.07) is 1.64. The number of aryl methyl sites for hydroxylation is 2. The first-order chi connectivity index (χ1) is 9.08. The molecule has 0 radical (unpaired) electrons. The van der Waals surface area contributed by atoms with Crippen LogP contribution in [-0.4, -0.2) is 61.2 Å². The van der Waals surface area contributed by atoms with E-state index in [4.69, 9.17) is 9.47 Å². The monoisotopic (exact) mass is 270 g/mol. The average molecular weight is 270 g/mol. The molecule has 1 aromatic heterocycles. The van der Waals surface area contributed by atoms with E-state index in [0.717, 1.165) is 5.69 Å². The minimum Gasteiger partial charge on any atom is -0.383 e. The van der Waals surface area contributed by atoms with Crippen LogP contribution in [0.15, 0.2) is 6.07 Å². The first-order valence-electron chi connectivity index (χ1n) is 6.13. The van der Waals surface area contributed by atoms with Crippen LogP contribution in [0.2, 0.25) is 0 Å². The van der Waals surface area contributed by atoms with Crippen LogP contribution in [0.1, 0.15) is 5.69 Å². The van der Waals surface area contributed by atoms with Gasteiger partial charge in [-0.3, -0.25) is 10.00 Å². The topological polar surface area (TPSA) is 68.6 Å². The molecule has 19 heavy (non-hydrogen) atoms. The van der Waals surface area contributed by atoms with Crippen molar-refractivity contribution in [2.75, 3.05) is 45.8 Å². The van der Waals surface area contributed by atoms with Gasteiger partial charge in [0.25, 0.3) is 0 Å². The molecule has 0 spiro atoms. The molecule has 2 amide bonds. The summed E-state index contributed by atoms with van der Waals surface area (Å²) in [5.41, 5.74) is 0.859. The molecule has 7 nitrogen and oxygen atoms in total. The highest BCUT2D eigenvalue weighted by Crippen LogP contribution is 2.09. The number of anilines is 1. The first kappa shape index (κ1) is 15.5. The molecule has 0 fully saturated rings. The van der Waals surface area contributed by atoms with Gasteiger partial charge in [-0.25, -0.2) is 4.79 Å². The average Bonchev–Trinajstić information content (AvgIpc) is 2.68. The van der Waals surface area contributed by atoms with Crippen molar-refractivity contribution in [1.29, 1.82) is 0 Å². The fourth-order valence-corrected chi connectivity index (χ4v) is 1.63. The van der Waals surface area contributed by atoms with Gasteiger partial charge in [-0.2, -0.15) is 5.10 Å². The third-order valence-corrected chi connectivity index (χ3v) is 2.65. The van der Waals surface area contributed by atoms with Crippen molar-refractivity contribution in [2.24, 2.45) is 7.05 Å². The summed E-state index contributed by atoms with van der Waals surface area (Å²) >= 11 is 0. The zero-order valence-electron chi connectivity index (χ0n) is 12.0. The van der Waals surface area contributed by atoms with Gasteiger partial charge in [0, 0.05) is 40.4 Å². The van der Waals surface area contributed by atoms with Crippen molar-refractivity contribution < 1.29 is 14.3 Å². The standard InChI is InChI=1S/C12H22N4O3/c1-10-9-11(15(2)14-10)13-12(17)16(5-7-18-3)6-8-19-4/h9H,5-8H2,1-4H3,(H,13,17). The van der Waals surface area contributed by atoms with Crippen molar-refractivity contribution in [2.45, 2.75) is 6.92 Å². The van der Waals surface area contributed by atoms with Crippen molar-refractivity contribution in [3.63, 3.8) is 0 Å². The summed E-state index contributed by atoms with van der Waals surface area (Å²) in [4.78, 5) is 13.8. The van der Waals surface area contributed by atoms with Gasteiger partial charge in [-0.05, 0) is 6.92 Å². The summed E-state index contributed by atoms with van der Waals surface area (Å²) in [6.07, 6.45) is 0. The Hall–Kier alpha value is -1.60. The second kappa shape index (κ2) is 7.75. The Morgan fingerprint density at radius 3 is 2.37 bits per heavy atom. The Morgan fingerprint density at radius 1 is 1.37 bits per heavy atom. The Bertz CT molecular complexity index is 398. The number of carbonyl (C=O) groups is 1. The molecule has 1 aromatic rings. The lowest BCUT2D eigenvalue weighted by Gasteiger charge is -2.22. The number of amides is 2. The summed E-state index contributed by atoms with van der Waals surface area (Å²) in [7, 11) is 5.00. The molecular formula is C12H22N4O3. The molecule has 0 bridgehead atoms. The maximum absolute atomic E-state index is 12.1. The number of rotatable bonds is 7. The van der Waals surface area contributed by atoms with E-state index in [9.17, 15) is 4.79 Å². The Balaban J connectivity index is 2.62. The number of nitrogens with zero attached hydrogens (tertiary/aromatic N) is 3. The van der Waals surface area contributed by atoms with Crippen molar-refractivity contribution in [3.8, 4) is 0 Å². The summed E-state index contributed by atoms with van der Waals surface area (Å²) in [6.45, 7) is 3.89. The molecule has 0 saturated carbocycles. The molecule has 0 aliphatic rings. The molecule has 0 atom stereocenters. The van der Waals surface area contributed by atoms with Crippen LogP contribution in [-0.2, 0) is 16.5 Å². The van der Waals surface area contributed by atoms with E-state index < -0.39 is 0 Å². The molecular weight excluding hydrogens is 248 g/mol. The van der Waals surface area contributed by atoms with Crippen LogP contribution in [0.5, 0.6) is 0 Å². The minimum absolute atomic E-state index is 0.183. The Morgan fingerprint density at radius 2 is 1.95 bits per heavy atom. The molecule has 1 heterocycles. The van der Waals surface area contributed by atoms with Crippen LogP contribution in [0.3, 0.4) is 0 Å². The number of aromatic nitrogens is 2. The van der Waals surface area contributed by atoms with Gasteiger partial charge < -0.3 is 14.4 Å². The van der Waals surface area contributed by atoms with Crippen LogP contribution < -0.4 is 5.32 Å². The van der Waals surface area contributed by atoms with Gasteiger partial charge in [0.2, 0.25) is 0 Å². The van der Waals surface area contributed by atoms with E-state index >= 15 is 0 Å². The zero-order valence-corrected chi connectivity index (χ0v) is 12.0. The van der Waals surface area contributed by atoms with Crippen LogP contribution in [0, 0.1) is 6.92 Å². The first-order valence-corrected chi connectivity index (χ1v) is 6.13. The second-order valence-corrected chi connectivity index (χ2v) is 4.20. The minimum atomic E-state index is -0.183. The molecule has 0 saturated heterocycles. The van der Waals surface area contributed by atoms with Crippen molar-refractivity contribution in [1.82, 2.24) is 14.7 Å². The van der Waals surface area contributed by atoms with Gasteiger partial charge >= 0.3 is 6.03 Å². The molecule has 0 aromatic carbocycles. The number of urea groups is 1. The zero-order chi connectivity index (χ0) is 14.3. The number of hydrogen-bond donors (Lipinski definition) is 1. The van der Waals surface area contributed by atoms with Crippen LogP contribution >= 0.6 is 0 Å². The predicted molar refractivity (Wildman–Crippen MR) is 72.3 cm³/mol. The Labute approximate surface area is 113 Å². The van der Waals surface area contributed by atoms with Crippen molar-refractivity contribution in [3.05, 3.63) is 11.8 Å². The third-order valence-electron chi connectivity index (χ3n) is 2.65. The summed E-state index contributed by atoms with van der Waals surface area (Å²) < 4.78 is 11.6. The fraction of sp³-hybridized carbons (Fsp3) is 0.667. The lowest BCUT2D eigenvalue weighted by molar-refractivity contribution is 0.127. The van der Waals surface area contributed by atoms with Crippen molar-refractivity contribution >= 4 is 11.8 Å². The molecule has 1 N–H and O–H groups in total. The van der Waals surface area contributed by atoms with E-state index in [2.05, 4.69) is 10.4 Å². The number of nitrogens with one attached hydrogen (secondary N) is 1. The normalized spacial score (nSPS) is 10.5. The van der Waals surface area contributed by atoms with E-state index in [1.165, 1.54) is 0 Å². The maximum atomic E-state index is 12.1. The molecule has 1 rings (SSSR count). The smallest absolute Gasteiger partial charge is 0.323 e. The number of methoxy groups -OCH3 is 2. The lowest BCUT2D eigenvalue weighted by Crippen LogP contribution is -2.39. The quantitative estimate of drug-likeness (QED) is 0.797. The van der Waals surface area contributed by atoms with Gasteiger partial charge in [-0.1, -0.05) is 0 Å². The summed E-state index contributed by atoms with van der Waals surface area (Å²) in [5, 5.41) is 7.01. The SMILES string of the molecule is COCCN(CCOC)C(=O)Nc1cc(C)nn1C. The van der Waals surface area contributed by atoms with Gasteiger partial charge in [-0.15, -0.1) is 0 Å². The fourth-order valence-electron chi connectivity index (χ4n) is 1.63. The highest BCUT2D eigenvalue weighted by Gasteiger charge is 2.14. The predicted octanol–water partition coefficient (Wildman–Crippen LogP) is 0.855. The van der Waals surface area contributed by atoms with E-state index in [0.29, 0.717) is 32.1 Å². The summed E-state index contributed by atoms with van der Waals surface area (Å²) in [5.74, 6) is 0.669. The van der Waals surface area contributed by atoms with Gasteiger partial charge in [0.1, 0.15) is 5.82 Å². The molecule has 0 aliphatic carbocycles. The highest BCUT2D eigenvalue weighted by molar-refractivity contribution is 5.88. The Kier molecular flexibility index (Phi) is 6.31. The van der Waals surface area contributed by atoms with E-state index in [1.807, 2.05) is 13.0 Å². The second-order valence-electron chi connectivity index (χ2n) is 4.20. The molecule has 108 valence electrons.